The first kappa shape index (κ1) is 16.8. The van der Waals surface area contributed by atoms with Crippen molar-refractivity contribution in [2.45, 2.75) is 18.9 Å². The Morgan fingerprint density at radius 1 is 1.23 bits per heavy atom. The number of imidazole rings is 1. The van der Waals surface area contributed by atoms with E-state index in [0.29, 0.717) is 5.92 Å². The van der Waals surface area contributed by atoms with E-state index in [4.69, 9.17) is 9.47 Å². The van der Waals surface area contributed by atoms with Crippen LogP contribution < -0.4 is 10.1 Å². The quantitative estimate of drug-likeness (QED) is 0.761. The molecule has 0 radical (unpaired) electrons. The second kappa shape index (κ2) is 7.33. The zero-order valence-corrected chi connectivity index (χ0v) is 15.2. The molecule has 1 aromatic carbocycles. The third kappa shape index (κ3) is 3.12. The summed E-state index contributed by atoms with van der Waals surface area (Å²) in [6.45, 7) is 1.58. The van der Waals surface area contributed by atoms with Crippen LogP contribution in [0.25, 0.3) is 10.8 Å². The topological polar surface area (TPSA) is 61.2 Å². The van der Waals surface area contributed by atoms with Crippen LogP contribution >= 0.6 is 0 Å². The molecular weight excluding hydrogens is 328 g/mol. The molecule has 3 heterocycles. The molecule has 1 saturated heterocycles. The first-order valence-electron chi connectivity index (χ1n) is 9.02. The molecule has 136 valence electrons. The molecule has 1 aliphatic heterocycles. The number of fused-ring (bicyclic) bond motifs is 1. The van der Waals surface area contributed by atoms with Gasteiger partial charge in [0, 0.05) is 55.5 Å². The van der Waals surface area contributed by atoms with E-state index in [9.17, 15) is 0 Å². The second-order valence-corrected chi connectivity index (χ2v) is 6.69. The number of benzene rings is 1. The van der Waals surface area contributed by atoms with Crippen LogP contribution in [-0.2, 0) is 11.8 Å². The highest BCUT2D eigenvalue weighted by Crippen LogP contribution is 2.34. The summed E-state index contributed by atoms with van der Waals surface area (Å²) in [4.78, 5) is 9.04. The van der Waals surface area contributed by atoms with E-state index in [2.05, 4.69) is 21.4 Å². The number of aryl methyl sites for hydroxylation is 1. The zero-order valence-electron chi connectivity index (χ0n) is 15.2. The lowest BCUT2D eigenvalue weighted by atomic mass is 9.93. The number of nitrogens with zero attached hydrogens (tertiary/aromatic N) is 3. The monoisotopic (exact) mass is 352 g/mol. The van der Waals surface area contributed by atoms with E-state index < -0.39 is 0 Å². The third-order valence-corrected chi connectivity index (χ3v) is 5.08. The lowest BCUT2D eigenvalue weighted by Gasteiger charge is -2.31. The van der Waals surface area contributed by atoms with Crippen molar-refractivity contribution in [2.24, 2.45) is 13.0 Å². The SMILES string of the molecule is COc1cccc2c(NC[C@@H]3CCCO[C@H]3c3nccn3C)nccc12. The maximum absolute atomic E-state index is 6.06. The van der Waals surface area contributed by atoms with Crippen LogP contribution in [0, 0.1) is 5.92 Å². The van der Waals surface area contributed by atoms with E-state index in [0.717, 1.165) is 54.2 Å². The number of hydrogen-bond donors (Lipinski definition) is 1. The molecule has 2 atom stereocenters. The smallest absolute Gasteiger partial charge is 0.138 e. The Kier molecular flexibility index (Phi) is 4.75. The minimum absolute atomic E-state index is 0.0146. The third-order valence-electron chi connectivity index (χ3n) is 5.08. The zero-order chi connectivity index (χ0) is 17.9. The average Bonchev–Trinajstić information content (AvgIpc) is 3.11. The molecule has 0 aliphatic carbocycles. The van der Waals surface area contributed by atoms with E-state index in [1.165, 1.54) is 0 Å². The Morgan fingerprint density at radius 2 is 2.15 bits per heavy atom. The minimum atomic E-state index is 0.0146. The summed E-state index contributed by atoms with van der Waals surface area (Å²) in [7, 11) is 3.71. The predicted molar refractivity (Wildman–Crippen MR) is 101 cm³/mol. The van der Waals surface area contributed by atoms with Gasteiger partial charge in [0.2, 0.25) is 0 Å². The van der Waals surface area contributed by atoms with E-state index in [-0.39, 0.29) is 6.10 Å². The molecule has 0 unspecified atom stereocenters. The first-order chi connectivity index (χ1) is 12.8. The van der Waals surface area contributed by atoms with E-state index in [1.54, 1.807) is 7.11 Å². The lowest BCUT2D eigenvalue weighted by molar-refractivity contribution is -0.0305. The van der Waals surface area contributed by atoms with Crippen LogP contribution in [-0.4, -0.2) is 34.8 Å². The molecule has 6 nitrogen and oxygen atoms in total. The summed E-state index contributed by atoms with van der Waals surface area (Å²) in [5.41, 5.74) is 0. The number of hydrogen-bond acceptors (Lipinski definition) is 5. The summed E-state index contributed by atoms with van der Waals surface area (Å²) in [5.74, 6) is 3.09. The molecule has 6 heteroatoms. The minimum Gasteiger partial charge on any atom is -0.496 e. The predicted octanol–water partition coefficient (Wildman–Crippen LogP) is 3.56. The summed E-state index contributed by atoms with van der Waals surface area (Å²) in [5, 5.41) is 5.67. The standard InChI is InChI=1S/C20H24N4O2/c1-24-11-10-22-20(24)18-14(5-4-12-26-18)13-23-19-16-6-3-7-17(25-2)15(16)8-9-21-19/h3,6-11,14,18H,4-5,12-13H2,1-2H3,(H,21,23)/t14-,18+/m0/s1. The van der Waals surface area contributed by atoms with Gasteiger partial charge in [-0.2, -0.15) is 0 Å². The van der Waals surface area contributed by atoms with E-state index >= 15 is 0 Å². The van der Waals surface area contributed by atoms with E-state index in [1.807, 2.05) is 48.4 Å². The van der Waals surface area contributed by atoms with Gasteiger partial charge in [-0.25, -0.2) is 9.97 Å². The molecule has 2 aromatic heterocycles. The van der Waals surface area contributed by atoms with Crippen molar-refractivity contribution in [1.29, 1.82) is 0 Å². The molecule has 0 saturated carbocycles. The Hall–Kier alpha value is -2.60. The van der Waals surface area contributed by atoms with Crippen molar-refractivity contribution in [3.63, 3.8) is 0 Å². The number of rotatable bonds is 5. The number of aromatic nitrogens is 3. The molecule has 4 rings (SSSR count). The molecule has 0 amide bonds. The largest absolute Gasteiger partial charge is 0.496 e. The average molecular weight is 352 g/mol. The summed E-state index contributed by atoms with van der Waals surface area (Å²) in [6.07, 6.45) is 7.82. The van der Waals surface area contributed by atoms with Crippen LogP contribution in [0.15, 0.2) is 42.9 Å². The molecule has 26 heavy (non-hydrogen) atoms. The van der Waals surface area contributed by atoms with Gasteiger partial charge in [-0.3, -0.25) is 0 Å². The van der Waals surface area contributed by atoms with Gasteiger partial charge in [0.15, 0.2) is 0 Å². The number of methoxy groups -OCH3 is 1. The fraction of sp³-hybridized carbons (Fsp3) is 0.400. The normalized spacial score (nSPS) is 20.2. The van der Waals surface area contributed by atoms with Gasteiger partial charge in [0.25, 0.3) is 0 Å². The van der Waals surface area contributed by atoms with Gasteiger partial charge in [-0.05, 0) is 25.0 Å². The van der Waals surface area contributed by atoms with Crippen molar-refractivity contribution >= 4 is 16.6 Å². The molecule has 1 aliphatic rings. The summed E-state index contributed by atoms with van der Waals surface area (Å²) in [6, 6.07) is 8.02. The Bertz CT molecular complexity index is 892. The Morgan fingerprint density at radius 3 is 2.96 bits per heavy atom. The first-order valence-corrected chi connectivity index (χ1v) is 9.02. The van der Waals surface area contributed by atoms with Gasteiger partial charge < -0.3 is 19.4 Å². The number of pyridine rings is 1. The van der Waals surface area contributed by atoms with Gasteiger partial charge >= 0.3 is 0 Å². The number of anilines is 1. The van der Waals surface area contributed by atoms with Crippen LogP contribution in [0.4, 0.5) is 5.82 Å². The highest BCUT2D eigenvalue weighted by Gasteiger charge is 2.30. The number of ether oxygens (including phenoxy) is 2. The molecule has 3 aromatic rings. The highest BCUT2D eigenvalue weighted by atomic mass is 16.5. The van der Waals surface area contributed by atoms with Crippen LogP contribution in [0.3, 0.4) is 0 Å². The maximum Gasteiger partial charge on any atom is 0.138 e. The molecule has 1 N–H and O–H groups in total. The molecule has 1 fully saturated rings. The summed E-state index contributed by atoms with van der Waals surface area (Å²) < 4.78 is 13.6. The highest BCUT2D eigenvalue weighted by molar-refractivity contribution is 5.95. The number of nitrogens with one attached hydrogen (secondary N) is 1. The van der Waals surface area contributed by atoms with Crippen molar-refractivity contribution in [3.05, 3.63) is 48.7 Å². The molecular formula is C20H24N4O2. The maximum atomic E-state index is 6.06. The van der Waals surface area contributed by atoms with Crippen LogP contribution in [0.5, 0.6) is 5.75 Å². The fourth-order valence-electron chi connectivity index (χ4n) is 3.71. The second-order valence-electron chi connectivity index (χ2n) is 6.69. The van der Waals surface area contributed by atoms with Crippen molar-refractivity contribution in [3.8, 4) is 5.75 Å². The van der Waals surface area contributed by atoms with Crippen LogP contribution in [0.2, 0.25) is 0 Å². The fourth-order valence-corrected chi connectivity index (χ4v) is 3.71. The molecule has 0 spiro atoms. The van der Waals surface area contributed by atoms with Gasteiger partial charge in [-0.15, -0.1) is 0 Å². The van der Waals surface area contributed by atoms with Crippen molar-refractivity contribution in [1.82, 2.24) is 14.5 Å². The van der Waals surface area contributed by atoms with Gasteiger partial charge in [0.1, 0.15) is 23.5 Å². The Balaban J connectivity index is 1.56. The summed E-state index contributed by atoms with van der Waals surface area (Å²) >= 11 is 0. The van der Waals surface area contributed by atoms with Gasteiger partial charge in [-0.1, -0.05) is 12.1 Å². The van der Waals surface area contributed by atoms with Crippen molar-refractivity contribution in [2.75, 3.05) is 25.6 Å². The van der Waals surface area contributed by atoms with Gasteiger partial charge in [0.05, 0.1) is 7.11 Å². The Labute approximate surface area is 153 Å². The van der Waals surface area contributed by atoms with Crippen molar-refractivity contribution < 1.29 is 9.47 Å². The van der Waals surface area contributed by atoms with Crippen LogP contribution in [0.1, 0.15) is 24.8 Å². The molecule has 0 bridgehead atoms. The lowest BCUT2D eigenvalue weighted by Crippen LogP contribution is -2.30.